The number of hydrogen-bond acceptors (Lipinski definition) is 4. The minimum atomic E-state index is -0.0139. The van der Waals surface area contributed by atoms with Gasteiger partial charge in [0.25, 0.3) is 5.91 Å². The highest BCUT2D eigenvalue weighted by Gasteiger charge is 2.42. The Labute approximate surface area is 135 Å². The topological polar surface area (TPSA) is 53.7 Å². The van der Waals surface area contributed by atoms with E-state index in [1.807, 2.05) is 29.7 Å². The summed E-state index contributed by atoms with van der Waals surface area (Å²) in [6.45, 7) is 6.03. The van der Waals surface area contributed by atoms with E-state index in [0.717, 1.165) is 17.3 Å². The van der Waals surface area contributed by atoms with Crippen LogP contribution in [-0.2, 0) is 6.54 Å². The van der Waals surface area contributed by atoms with Crippen molar-refractivity contribution in [3.63, 3.8) is 0 Å². The highest BCUT2D eigenvalue weighted by atomic mass is 16.2. The van der Waals surface area contributed by atoms with Gasteiger partial charge < -0.3 is 4.57 Å². The van der Waals surface area contributed by atoms with Crippen molar-refractivity contribution >= 4 is 17.7 Å². The molecule has 1 atom stereocenters. The number of carbonyl (C=O) groups excluding carboxylic acids is 1. The van der Waals surface area contributed by atoms with Gasteiger partial charge in [0.2, 0.25) is 5.96 Å². The van der Waals surface area contributed by atoms with Crippen LogP contribution >= 0.6 is 0 Å². The third-order valence-electron chi connectivity index (χ3n) is 4.40. The van der Waals surface area contributed by atoms with Crippen LogP contribution in [0.1, 0.15) is 29.9 Å². The van der Waals surface area contributed by atoms with Gasteiger partial charge in [0.05, 0.1) is 18.9 Å². The number of anilines is 1. The summed E-state index contributed by atoms with van der Waals surface area (Å²) >= 11 is 0. The largest absolute Gasteiger partial charge is 0.320 e. The molecule has 2 aromatic rings. The number of imidazole rings is 1. The fourth-order valence-electron chi connectivity index (χ4n) is 3.26. The number of amides is 1. The molecular weight excluding hydrogens is 290 g/mol. The first-order chi connectivity index (χ1) is 11.2. The molecule has 6 heteroatoms. The lowest BCUT2D eigenvalue weighted by Gasteiger charge is -2.35. The molecule has 0 radical (unpaired) electrons. The number of nitrogens with zero attached hydrogens (tertiary/aromatic N) is 5. The predicted molar refractivity (Wildman–Crippen MR) is 88.7 cm³/mol. The van der Waals surface area contributed by atoms with E-state index in [1.54, 1.807) is 11.2 Å². The Hall–Kier alpha value is -2.63. The minimum absolute atomic E-state index is 0.0139. The summed E-state index contributed by atoms with van der Waals surface area (Å²) in [7, 11) is 0. The van der Waals surface area contributed by atoms with Crippen molar-refractivity contribution in [1.29, 1.82) is 0 Å². The summed E-state index contributed by atoms with van der Waals surface area (Å²) in [5, 5.41) is 0. The fourth-order valence-corrected chi connectivity index (χ4v) is 3.26. The van der Waals surface area contributed by atoms with E-state index in [0.29, 0.717) is 25.3 Å². The van der Waals surface area contributed by atoms with Crippen molar-refractivity contribution < 1.29 is 4.79 Å². The second-order valence-corrected chi connectivity index (χ2v) is 5.94. The van der Waals surface area contributed by atoms with Crippen molar-refractivity contribution in [2.75, 3.05) is 18.0 Å². The number of hydrogen-bond donors (Lipinski definition) is 0. The Morgan fingerprint density at radius 2 is 2.04 bits per heavy atom. The number of benzene rings is 1. The molecule has 1 unspecified atom stereocenters. The van der Waals surface area contributed by atoms with E-state index in [-0.39, 0.29) is 11.9 Å². The zero-order valence-electron chi connectivity index (χ0n) is 13.3. The lowest BCUT2D eigenvalue weighted by molar-refractivity contribution is 0.0836. The molecular formula is C17H19N5O. The number of rotatable bonds is 3. The van der Waals surface area contributed by atoms with Crippen LogP contribution in [0.25, 0.3) is 0 Å². The van der Waals surface area contributed by atoms with Gasteiger partial charge in [-0.3, -0.25) is 19.6 Å². The third kappa shape index (κ3) is 2.05. The molecule has 0 bridgehead atoms. The predicted octanol–water partition coefficient (Wildman–Crippen LogP) is 1.97. The molecule has 1 amide bonds. The van der Waals surface area contributed by atoms with E-state index in [1.165, 1.54) is 0 Å². The van der Waals surface area contributed by atoms with Gasteiger partial charge in [-0.25, -0.2) is 4.98 Å². The Balaban J connectivity index is 1.79. The van der Waals surface area contributed by atoms with E-state index >= 15 is 0 Å². The average Bonchev–Trinajstić information content (AvgIpc) is 3.13. The van der Waals surface area contributed by atoms with Crippen molar-refractivity contribution in [2.45, 2.75) is 26.4 Å². The molecule has 1 aromatic carbocycles. The van der Waals surface area contributed by atoms with Crippen molar-refractivity contribution in [2.24, 2.45) is 4.99 Å². The van der Waals surface area contributed by atoms with E-state index < -0.39 is 0 Å². The van der Waals surface area contributed by atoms with Gasteiger partial charge >= 0.3 is 0 Å². The molecule has 118 valence electrons. The highest BCUT2D eigenvalue weighted by molar-refractivity contribution is 6.18. The summed E-state index contributed by atoms with van der Waals surface area (Å²) < 4.78 is 1.94. The maximum Gasteiger partial charge on any atom is 0.281 e. The quantitative estimate of drug-likeness (QED) is 0.871. The maximum atomic E-state index is 12.9. The fraction of sp³-hybridized carbons (Fsp3) is 0.353. The molecule has 1 aromatic heterocycles. The van der Waals surface area contributed by atoms with Crippen molar-refractivity contribution in [3.05, 3.63) is 47.9 Å². The molecule has 23 heavy (non-hydrogen) atoms. The zero-order valence-corrected chi connectivity index (χ0v) is 13.3. The van der Waals surface area contributed by atoms with Gasteiger partial charge in [-0.15, -0.1) is 0 Å². The molecule has 4 rings (SSSR count). The smallest absolute Gasteiger partial charge is 0.281 e. The van der Waals surface area contributed by atoms with Crippen molar-refractivity contribution in [3.8, 4) is 0 Å². The van der Waals surface area contributed by atoms with Crippen LogP contribution in [0, 0.1) is 0 Å². The molecule has 6 nitrogen and oxygen atoms in total. The first kappa shape index (κ1) is 14.0. The number of aliphatic imine (C=N–C) groups is 1. The average molecular weight is 309 g/mol. The standard InChI is InChI=1S/C17H19N5O/c1-3-21-16(23)14-15(22-12(2)9-18-17(21)22)19-11-20(14)10-13-7-5-4-6-8-13/h4-8,11-12H,3,9-10H2,1-2H3. The summed E-state index contributed by atoms with van der Waals surface area (Å²) in [5.41, 5.74) is 1.81. The second kappa shape index (κ2) is 5.22. The minimum Gasteiger partial charge on any atom is -0.320 e. The van der Waals surface area contributed by atoms with Crippen LogP contribution in [0.2, 0.25) is 0 Å². The molecule has 0 spiro atoms. The Bertz CT molecular complexity index is 780. The lowest BCUT2D eigenvalue weighted by atomic mass is 10.2. The Morgan fingerprint density at radius 1 is 1.26 bits per heavy atom. The maximum absolute atomic E-state index is 12.9. The molecule has 0 N–H and O–H groups in total. The third-order valence-corrected chi connectivity index (χ3v) is 4.40. The number of carbonyl (C=O) groups is 1. The molecule has 0 aliphatic carbocycles. The van der Waals surface area contributed by atoms with Gasteiger partial charge in [-0.2, -0.15) is 0 Å². The van der Waals surface area contributed by atoms with Crippen LogP contribution in [0.15, 0.2) is 41.7 Å². The summed E-state index contributed by atoms with van der Waals surface area (Å²) in [5.74, 6) is 1.46. The van der Waals surface area contributed by atoms with Gasteiger partial charge in [-0.05, 0) is 19.4 Å². The van der Waals surface area contributed by atoms with Crippen molar-refractivity contribution in [1.82, 2.24) is 14.5 Å². The van der Waals surface area contributed by atoms with Crippen LogP contribution < -0.4 is 4.90 Å². The Kier molecular flexibility index (Phi) is 3.18. The SMILES string of the molecule is CCN1C(=O)c2c(ncn2Cc2ccccc2)N2C1=NCC2C. The monoisotopic (exact) mass is 309 g/mol. The summed E-state index contributed by atoms with van der Waals surface area (Å²) in [6, 6.07) is 10.3. The highest BCUT2D eigenvalue weighted by Crippen LogP contribution is 2.32. The number of guanidine groups is 1. The molecule has 3 heterocycles. The summed E-state index contributed by atoms with van der Waals surface area (Å²) in [6.07, 6.45) is 1.76. The second-order valence-electron chi connectivity index (χ2n) is 5.94. The number of fused-ring (bicyclic) bond motifs is 3. The first-order valence-electron chi connectivity index (χ1n) is 7.95. The first-order valence-corrected chi connectivity index (χ1v) is 7.95. The van der Waals surface area contributed by atoms with Gasteiger partial charge in [-0.1, -0.05) is 30.3 Å². The normalized spacial score (nSPS) is 19.7. The molecule has 0 saturated heterocycles. The molecule has 0 saturated carbocycles. The van der Waals surface area contributed by atoms with Gasteiger partial charge in [0, 0.05) is 13.1 Å². The van der Waals surface area contributed by atoms with Gasteiger partial charge in [0.1, 0.15) is 0 Å². The van der Waals surface area contributed by atoms with E-state index in [4.69, 9.17) is 0 Å². The van der Waals surface area contributed by atoms with E-state index in [9.17, 15) is 4.79 Å². The number of aromatic nitrogens is 2. The molecule has 2 aliphatic rings. The van der Waals surface area contributed by atoms with Crippen LogP contribution in [0.3, 0.4) is 0 Å². The van der Waals surface area contributed by atoms with Crippen LogP contribution in [-0.4, -0.2) is 45.4 Å². The zero-order chi connectivity index (χ0) is 16.0. The molecule has 2 aliphatic heterocycles. The lowest BCUT2D eigenvalue weighted by Crippen LogP contribution is -2.52. The summed E-state index contributed by atoms with van der Waals surface area (Å²) in [4.78, 5) is 25.8. The van der Waals surface area contributed by atoms with Gasteiger partial charge in [0.15, 0.2) is 11.5 Å². The van der Waals surface area contributed by atoms with Crippen LogP contribution in [0.4, 0.5) is 5.82 Å². The van der Waals surface area contributed by atoms with Crippen LogP contribution in [0.5, 0.6) is 0 Å². The Morgan fingerprint density at radius 3 is 2.78 bits per heavy atom. The van der Waals surface area contributed by atoms with E-state index in [2.05, 4.69) is 33.9 Å². The molecule has 0 fully saturated rings.